The Balaban J connectivity index is 1.51. The van der Waals surface area contributed by atoms with Crippen molar-refractivity contribution in [2.24, 2.45) is 11.3 Å². The van der Waals surface area contributed by atoms with Gasteiger partial charge in [-0.25, -0.2) is 0 Å². The first-order valence-electron chi connectivity index (χ1n) is 6.96. The van der Waals surface area contributed by atoms with Crippen molar-refractivity contribution >= 4 is 5.78 Å². The molecule has 16 heavy (non-hydrogen) atoms. The van der Waals surface area contributed by atoms with Gasteiger partial charge in [0.15, 0.2) is 0 Å². The Morgan fingerprint density at radius 3 is 2.56 bits per heavy atom. The van der Waals surface area contributed by atoms with E-state index in [1.807, 2.05) is 0 Å². The molecule has 0 aromatic carbocycles. The van der Waals surface area contributed by atoms with Crippen molar-refractivity contribution in [3.63, 3.8) is 0 Å². The molecule has 2 nitrogen and oxygen atoms in total. The van der Waals surface area contributed by atoms with Crippen molar-refractivity contribution in [2.45, 2.75) is 63.9 Å². The van der Waals surface area contributed by atoms with Crippen LogP contribution in [-0.2, 0) is 9.53 Å². The highest BCUT2D eigenvalue weighted by Crippen LogP contribution is 2.50. The lowest BCUT2D eigenvalue weighted by Gasteiger charge is -2.49. The van der Waals surface area contributed by atoms with E-state index < -0.39 is 0 Å². The van der Waals surface area contributed by atoms with E-state index in [1.165, 1.54) is 38.5 Å². The van der Waals surface area contributed by atoms with Crippen molar-refractivity contribution in [1.82, 2.24) is 0 Å². The third-order valence-corrected chi connectivity index (χ3v) is 4.83. The Labute approximate surface area is 97.7 Å². The van der Waals surface area contributed by atoms with Gasteiger partial charge in [0.05, 0.1) is 11.5 Å². The highest BCUT2D eigenvalue weighted by atomic mass is 16.5. The fourth-order valence-electron chi connectivity index (χ4n) is 3.40. The van der Waals surface area contributed by atoms with Crippen LogP contribution in [0.3, 0.4) is 0 Å². The number of hydrogen-bond acceptors (Lipinski definition) is 2. The summed E-state index contributed by atoms with van der Waals surface area (Å²) < 4.78 is 5.97. The van der Waals surface area contributed by atoms with Crippen molar-refractivity contribution in [3.05, 3.63) is 0 Å². The molecule has 0 amide bonds. The SMILES string of the molecule is O=C1CC(OCCC2CC2)C12CCCCC2. The van der Waals surface area contributed by atoms with Crippen molar-refractivity contribution in [2.75, 3.05) is 6.61 Å². The Morgan fingerprint density at radius 1 is 1.19 bits per heavy atom. The smallest absolute Gasteiger partial charge is 0.144 e. The molecule has 1 atom stereocenters. The largest absolute Gasteiger partial charge is 0.377 e. The van der Waals surface area contributed by atoms with Gasteiger partial charge >= 0.3 is 0 Å². The molecule has 1 unspecified atom stereocenters. The van der Waals surface area contributed by atoms with Gasteiger partial charge in [-0.05, 0) is 25.2 Å². The molecule has 0 N–H and O–H groups in total. The average Bonchev–Trinajstić information content (AvgIpc) is 3.13. The molecular weight excluding hydrogens is 200 g/mol. The second-order valence-electron chi connectivity index (χ2n) is 5.94. The first-order valence-corrected chi connectivity index (χ1v) is 6.96. The van der Waals surface area contributed by atoms with Gasteiger partial charge in [0.1, 0.15) is 5.78 Å². The Bertz CT molecular complexity index is 274. The number of ether oxygens (including phenoxy) is 1. The van der Waals surface area contributed by atoms with Gasteiger partial charge in [-0.3, -0.25) is 4.79 Å². The summed E-state index contributed by atoms with van der Waals surface area (Å²) in [7, 11) is 0. The molecule has 0 radical (unpaired) electrons. The van der Waals surface area contributed by atoms with Gasteiger partial charge in [-0.2, -0.15) is 0 Å². The first-order chi connectivity index (χ1) is 7.81. The molecule has 90 valence electrons. The number of hydrogen-bond donors (Lipinski definition) is 0. The number of ketones is 1. The highest BCUT2D eigenvalue weighted by molar-refractivity contribution is 5.92. The van der Waals surface area contributed by atoms with Crippen LogP contribution in [0.2, 0.25) is 0 Å². The first kappa shape index (κ1) is 10.8. The Morgan fingerprint density at radius 2 is 1.94 bits per heavy atom. The van der Waals surface area contributed by atoms with Gasteiger partial charge < -0.3 is 4.74 Å². The van der Waals surface area contributed by atoms with Gasteiger partial charge in [0, 0.05) is 13.0 Å². The molecule has 3 aliphatic rings. The van der Waals surface area contributed by atoms with Gasteiger partial charge in [-0.1, -0.05) is 32.1 Å². The number of Topliss-reactive ketones (excluding diaryl/α,β-unsaturated/α-hetero) is 1. The quantitative estimate of drug-likeness (QED) is 0.730. The maximum absolute atomic E-state index is 11.8. The summed E-state index contributed by atoms with van der Waals surface area (Å²) in [5.41, 5.74) is -0.0260. The second kappa shape index (κ2) is 4.14. The summed E-state index contributed by atoms with van der Waals surface area (Å²) in [6, 6.07) is 0. The zero-order chi connectivity index (χ0) is 11.0. The summed E-state index contributed by atoms with van der Waals surface area (Å²) in [5.74, 6) is 1.43. The summed E-state index contributed by atoms with van der Waals surface area (Å²) >= 11 is 0. The van der Waals surface area contributed by atoms with Gasteiger partial charge in [-0.15, -0.1) is 0 Å². The van der Waals surface area contributed by atoms with Gasteiger partial charge in [0.2, 0.25) is 0 Å². The molecule has 1 spiro atoms. The molecule has 0 heterocycles. The normalized spacial score (nSPS) is 32.8. The predicted octanol–water partition coefficient (Wildman–Crippen LogP) is 3.10. The van der Waals surface area contributed by atoms with Crippen molar-refractivity contribution < 1.29 is 9.53 Å². The third-order valence-electron chi connectivity index (χ3n) is 4.83. The van der Waals surface area contributed by atoms with Crippen molar-refractivity contribution in [1.29, 1.82) is 0 Å². The minimum Gasteiger partial charge on any atom is -0.377 e. The Kier molecular flexibility index (Phi) is 2.78. The van der Waals surface area contributed by atoms with E-state index >= 15 is 0 Å². The minimum atomic E-state index is -0.0260. The van der Waals surface area contributed by atoms with Crippen LogP contribution in [0.25, 0.3) is 0 Å². The lowest BCUT2D eigenvalue weighted by molar-refractivity contribution is -0.169. The summed E-state index contributed by atoms with van der Waals surface area (Å²) in [4.78, 5) is 11.8. The van der Waals surface area contributed by atoms with Crippen LogP contribution in [-0.4, -0.2) is 18.5 Å². The molecule has 3 saturated carbocycles. The fraction of sp³-hybridized carbons (Fsp3) is 0.929. The number of rotatable bonds is 4. The fourth-order valence-corrected chi connectivity index (χ4v) is 3.40. The zero-order valence-corrected chi connectivity index (χ0v) is 10.0. The van der Waals surface area contributed by atoms with E-state index in [2.05, 4.69) is 0 Å². The van der Waals surface area contributed by atoms with Crippen LogP contribution >= 0.6 is 0 Å². The molecule has 0 aliphatic heterocycles. The maximum Gasteiger partial charge on any atom is 0.144 e. The molecule has 3 fully saturated rings. The standard InChI is InChI=1S/C14H22O2/c15-12-10-13(16-9-6-11-4-5-11)14(12)7-2-1-3-8-14/h11,13H,1-10H2. The van der Waals surface area contributed by atoms with E-state index in [0.717, 1.165) is 25.4 Å². The molecule has 0 bridgehead atoms. The highest BCUT2D eigenvalue weighted by Gasteiger charge is 2.55. The van der Waals surface area contributed by atoms with Gasteiger partial charge in [0.25, 0.3) is 0 Å². The average molecular weight is 222 g/mol. The number of carbonyl (C=O) groups excluding carboxylic acids is 1. The molecular formula is C14H22O2. The molecule has 2 heteroatoms. The molecule has 3 rings (SSSR count). The minimum absolute atomic E-state index is 0.0260. The molecule has 3 aliphatic carbocycles. The van der Waals surface area contributed by atoms with E-state index in [4.69, 9.17) is 4.74 Å². The van der Waals surface area contributed by atoms with E-state index in [9.17, 15) is 4.79 Å². The Hall–Kier alpha value is -0.370. The monoisotopic (exact) mass is 222 g/mol. The summed E-state index contributed by atoms with van der Waals surface area (Å²) in [6.45, 7) is 0.893. The van der Waals surface area contributed by atoms with E-state index in [-0.39, 0.29) is 11.5 Å². The van der Waals surface area contributed by atoms with Crippen LogP contribution in [0.15, 0.2) is 0 Å². The van der Waals surface area contributed by atoms with E-state index in [1.54, 1.807) is 0 Å². The molecule has 0 aromatic rings. The predicted molar refractivity (Wildman–Crippen MR) is 62.2 cm³/mol. The van der Waals surface area contributed by atoms with Crippen LogP contribution in [0.1, 0.15) is 57.8 Å². The lowest BCUT2D eigenvalue weighted by atomic mass is 9.57. The van der Waals surface area contributed by atoms with Crippen LogP contribution in [0.5, 0.6) is 0 Å². The van der Waals surface area contributed by atoms with Crippen molar-refractivity contribution in [3.8, 4) is 0 Å². The zero-order valence-electron chi connectivity index (χ0n) is 10.0. The molecule has 0 saturated heterocycles. The lowest BCUT2D eigenvalue weighted by Crippen LogP contribution is -2.56. The summed E-state index contributed by atoms with van der Waals surface area (Å²) in [5, 5.41) is 0. The third kappa shape index (κ3) is 1.81. The van der Waals surface area contributed by atoms with Crippen LogP contribution in [0.4, 0.5) is 0 Å². The molecule has 0 aromatic heterocycles. The van der Waals surface area contributed by atoms with Crippen LogP contribution < -0.4 is 0 Å². The summed E-state index contributed by atoms with van der Waals surface area (Å²) in [6.07, 6.45) is 11.0. The van der Waals surface area contributed by atoms with E-state index in [0.29, 0.717) is 12.2 Å². The van der Waals surface area contributed by atoms with Crippen LogP contribution in [0, 0.1) is 11.3 Å². The number of carbonyl (C=O) groups is 1. The second-order valence-corrected chi connectivity index (χ2v) is 5.94. The topological polar surface area (TPSA) is 26.3 Å². The maximum atomic E-state index is 11.8.